The molecule has 3 heteroatoms. The van der Waals surface area contributed by atoms with Crippen molar-refractivity contribution in [1.82, 2.24) is 15.1 Å². The van der Waals surface area contributed by atoms with Crippen LogP contribution in [0.3, 0.4) is 0 Å². The predicted molar refractivity (Wildman–Crippen MR) is 97.7 cm³/mol. The summed E-state index contributed by atoms with van der Waals surface area (Å²) >= 11 is 0. The number of benzene rings is 1. The lowest BCUT2D eigenvalue weighted by Crippen LogP contribution is -2.48. The quantitative estimate of drug-likeness (QED) is 0.814. The maximum atomic E-state index is 3.80. The average Bonchev–Trinajstić information content (AvgIpc) is 2.86. The third-order valence-electron chi connectivity index (χ3n) is 5.43. The van der Waals surface area contributed by atoms with Crippen molar-refractivity contribution in [2.75, 3.05) is 39.3 Å². The van der Waals surface area contributed by atoms with Gasteiger partial charge in [0.2, 0.25) is 0 Å². The first-order chi connectivity index (χ1) is 11.4. The van der Waals surface area contributed by atoms with Crippen molar-refractivity contribution in [3.8, 4) is 0 Å². The molecule has 1 saturated carbocycles. The third kappa shape index (κ3) is 5.91. The van der Waals surface area contributed by atoms with E-state index in [0.717, 1.165) is 12.6 Å². The molecule has 0 amide bonds. The van der Waals surface area contributed by atoms with Gasteiger partial charge in [0.25, 0.3) is 0 Å². The molecule has 0 radical (unpaired) electrons. The molecule has 1 N–H and O–H groups in total. The van der Waals surface area contributed by atoms with Crippen molar-refractivity contribution in [3.05, 3.63) is 35.9 Å². The number of rotatable bonds is 6. The van der Waals surface area contributed by atoms with Crippen LogP contribution < -0.4 is 5.32 Å². The van der Waals surface area contributed by atoms with Gasteiger partial charge in [-0.15, -0.1) is 0 Å². The van der Waals surface area contributed by atoms with Gasteiger partial charge >= 0.3 is 0 Å². The summed E-state index contributed by atoms with van der Waals surface area (Å²) in [5.74, 6) is 0. The van der Waals surface area contributed by atoms with Crippen molar-refractivity contribution in [2.24, 2.45) is 0 Å². The molecule has 0 unspecified atom stereocenters. The summed E-state index contributed by atoms with van der Waals surface area (Å²) in [6, 6.07) is 11.7. The van der Waals surface area contributed by atoms with E-state index in [0.29, 0.717) is 0 Å². The predicted octanol–water partition coefficient (Wildman–Crippen LogP) is 3.12. The van der Waals surface area contributed by atoms with E-state index in [4.69, 9.17) is 0 Å². The monoisotopic (exact) mass is 315 g/mol. The normalized spacial score (nSPS) is 22.1. The molecule has 1 aromatic carbocycles. The van der Waals surface area contributed by atoms with Crippen molar-refractivity contribution in [2.45, 2.75) is 51.1 Å². The number of nitrogens with one attached hydrogen (secondary N) is 1. The summed E-state index contributed by atoms with van der Waals surface area (Å²) in [6.45, 7) is 8.35. The minimum absolute atomic E-state index is 0.789. The lowest BCUT2D eigenvalue weighted by atomic mass is 10.1. The van der Waals surface area contributed by atoms with Crippen molar-refractivity contribution < 1.29 is 0 Å². The second-order valence-electron chi connectivity index (χ2n) is 7.25. The Labute approximate surface area is 142 Å². The van der Waals surface area contributed by atoms with E-state index in [1.165, 1.54) is 83.4 Å². The largest absolute Gasteiger partial charge is 0.313 e. The standard InChI is InChI=1S/C20H33N3/c1-2-7-11-20(10-6-1)21-12-13-22-14-16-23(17-15-22)18-19-8-4-3-5-9-19/h3-5,8-9,20-21H,1-2,6-7,10-18H2. The first kappa shape index (κ1) is 16.9. The molecule has 0 atom stereocenters. The van der Waals surface area contributed by atoms with Gasteiger partial charge < -0.3 is 5.32 Å². The molecular formula is C20H33N3. The van der Waals surface area contributed by atoms with Crippen LogP contribution in [0.15, 0.2) is 30.3 Å². The molecule has 1 aliphatic heterocycles. The summed E-state index contributed by atoms with van der Waals surface area (Å²) < 4.78 is 0. The Morgan fingerprint density at radius 1 is 0.826 bits per heavy atom. The van der Waals surface area contributed by atoms with Crippen LogP contribution >= 0.6 is 0 Å². The molecule has 2 fully saturated rings. The van der Waals surface area contributed by atoms with E-state index in [1.807, 2.05) is 0 Å². The fourth-order valence-electron chi connectivity index (χ4n) is 3.92. The summed E-state index contributed by atoms with van der Waals surface area (Å²) in [5.41, 5.74) is 1.44. The lowest BCUT2D eigenvalue weighted by molar-refractivity contribution is 0.127. The van der Waals surface area contributed by atoms with Crippen LogP contribution in [0.5, 0.6) is 0 Å². The van der Waals surface area contributed by atoms with E-state index >= 15 is 0 Å². The maximum absolute atomic E-state index is 3.80. The summed E-state index contributed by atoms with van der Waals surface area (Å²) in [7, 11) is 0. The van der Waals surface area contributed by atoms with E-state index in [9.17, 15) is 0 Å². The highest BCUT2D eigenvalue weighted by Gasteiger charge is 2.17. The number of hydrogen-bond donors (Lipinski definition) is 1. The average molecular weight is 316 g/mol. The van der Waals surface area contributed by atoms with E-state index in [2.05, 4.69) is 45.4 Å². The fourth-order valence-corrected chi connectivity index (χ4v) is 3.92. The molecule has 1 aromatic rings. The van der Waals surface area contributed by atoms with Gasteiger partial charge in [-0.2, -0.15) is 0 Å². The zero-order valence-electron chi connectivity index (χ0n) is 14.6. The Morgan fingerprint density at radius 3 is 2.17 bits per heavy atom. The Bertz CT molecular complexity index is 418. The van der Waals surface area contributed by atoms with Gasteiger partial charge in [-0.05, 0) is 18.4 Å². The van der Waals surface area contributed by atoms with Crippen molar-refractivity contribution in [3.63, 3.8) is 0 Å². The Kier molecular flexibility index (Phi) is 6.93. The summed E-state index contributed by atoms with van der Waals surface area (Å²) in [6.07, 6.45) is 8.53. The molecule has 1 saturated heterocycles. The summed E-state index contributed by atoms with van der Waals surface area (Å²) in [5, 5.41) is 3.80. The van der Waals surface area contributed by atoms with Gasteiger partial charge in [0.05, 0.1) is 0 Å². The lowest BCUT2D eigenvalue weighted by Gasteiger charge is -2.35. The molecule has 0 spiro atoms. The van der Waals surface area contributed by atoms with E-state index in [1.54, 1.807) is 0 Å². The third-order valence-corrected chi connectivity index (χ3v) is 5.43. The van der Waals surface area contributed by atoms with Gasteiger partial charge in [0.15, 0.2) is 0 Å². The second-order valence-corrected chi connectivity index (χ2v) is 7.25. The first-order valence-corrected chi connectivity index (χ1v) is 9.62. The Morgan fingerprint density at radius 2 is 1.48 bits per heavy atom. The van der Waals surface area contributed by atoms with Gasteiger partial charge in [-0.3, -0.25) is 9.80 Å². The Hall–Kier alpha value is -0.900. The van der Waals surface area contributed by atoms with E-state index in [-0.39, 0.29) is 0 Å². The Balaban J connectivity index is 1.30. The van der Waals surface area contributed by atoms with Gasteiger partial charge in [0.1, 0.15) is 0 Å². The van der Waals surface area contributed by atoms with Crippen molar-refractivity contribution in [1.29, 1.82) is 0 Å². The number of nitrogens with zero attached hydrogens (tertiary/aromatic N) is 2. The molecular weight excluding hydrogens is 282 g/mol. The molecule has 1 aliphatic carbocycles. The fraction of sp³-hybridized carbons (Fsp3) is 0.700. The zero-order chi connectivity index (χ0) is 15.7. The molecule has 1 heterocycles. The molecule has 128 valence electrons. The number of piperazine rings is 1. The van der Waals surface area contributed by atoms with Crippen LogP contribution in [0, 0.1) is 0 Å². The summed E-state index contributed by atoms with van der Waals surface area (Å²) in [4.78, 5) is 5.22. The van der Waals surface area contributed by atoms with Gasteiger partial charge in [0, 0.05) is 51.9 Å². The molecule has 0 aromatic heterocycles. The molecule has 3 rings (SSSR count). The van der Waals surface area contributed by atoms with Crippen LogP contribution in [0.25, 0.3) is 0 Å². The molecule has 23 heavy (non-hydrogen) atoms. The molecule has 2 aliphatic rings. The minimum atomic E-state index is 0.789. The highest BCUT2D eigenvalue weighted by molar-refractivity contribution is 5.14. The smallest absolute Gasteiger partial charge is 0.0234 e. The highest BCUT2D eigenvalue weighted by atomic mass is 15.3. The van der Waals surface area contributed by atoms with Crippen LogP contribution in [-0.4, -0.2) is 55.1 Å². The minimum Gasteiger partial charge on any atom is -0.313 e. The topological polar surface area (TPSA) is 18.5 Å². The van der Waals surface area contributed by atoms with Crippen LogP contribution in [-0.2, 0) is 6.54 Å². The molecule has 0 bridgehead atoms. The van der Waals surface area contributed by atoms with Crippen LogP contribution in [0.4, 0.5) is 0 Å². The zero-order valence-corrected chi connectivity index (χ0v) is 14.6. The van der Waals surface area contributed by atoms with Gasteiger partial charge in [-0.1, -0.05) is 56.0 Å². The SMILES string of the molecule is c1ccc(CN2CCN(CCNC3CCCCCC3)CC2)cc1. The maximum Gasteiger partial charge on any atom is 0.0234 e. The van der Waals surface area contributed by atoms with E-state index < -0.39 is 0 Å². The number of hydrogen-bond acceptors (Lipinski definition) is 3. The molecule has 3 nitrogen and oxygen atoms in total. The van der Waals surface area contributed by atoms with Crippen LogP contribution in [0.2, 0.25) is 0 Å². The van der Waals surface area contributed by atoms with Crippen molar-refractivity contribution >= 4 is 0 Å². The highest BCUT2D eigenvalue weighted by Crippen LogP contribution is 2.17. The van der Waals surface area contributed by atoms with Gasteiger partial charge in [-0.25, -0.2) is 0 Å². The second kappa shape index (κ2) is 9.41. The first-order valence-electron chi connectivity index (χ1n) is 9.62. The van der Waals surface area contributed by atoms with Crippen LogP contribution in [0.1, 0.15) is 44.1 Å².